The molecule has 2 aromatic carbocycles. The highest BCUT2D eigenvalue weighted by Crippen LogP contribution is 2.30. The summed E-state index contributed by atoms with van der Waals surface area (Å²) < 4.78 is 0. The van der Waals surface area contributed by atoms with E-state index in [0.717, 1.165) is 23.4 Å². The number of aryl methyl sites for hydroxylation is 1. The van der Waals surface area contributed by atoms with Crippen LogP contribution in [0.25, 0.3) is 10.6 Å². The first kappa shape index (κ1) is 21.2. The lowest BCUT2D eigenvalue weighted by Gasteiger charge is -2.21. The summed E-state index contributed by atoms with van der Waals surface area (Å²) >= 11 is 1.47. The van der Waals surface area contributed by atoms with Gasteiger partial charge >= 0.3 is 0 Å². The third-order valence-corrected chi connectivity index (χ3v) is 5.88. The SMILES string of the molecule is CCCCN(C(=O)c1ccc(C(C)(C)C)cc1)c1nnc(-c2cccc(C)c2)s1. The zero-order chi connectivity index (χ0) is 21.0. The Bertz CT molecular complexity index is 970. The minimum Gasteiger partial charge on any atom is -0.283 e. The third kappa shape index (κ3) is 5.10. The fraction of sp³-hybridized carbons (Fsp3) is 0.375. The first-order chi connectivity index (χ1) is 13.8. The highest BCUT2D eigenvalue weighted by atomic mass is 32.1. The number of rotatable bonds is 6. The van der Waals surface area contributed by atoms with Gasteiger partial charge in [-0.05, 0) is 42.5 Å². The van der Waals surface area contributed by atoms with Crippen LogP contribution in [0.15, 0.2) is 48.5 Å². The monoisotopic (exact) mass is 407 g/mol. The number of nitrogens with zero attached hydrogens (tertiary/aromatic N) is 3. The van der Waals surface area contributed by atoms with Gasteiger partial charge in [-0.25, -0.2) is 0 Å². The lowest BCUT2D eigenvalue weighted by atomic mass is 9.86. The molecule has 1 aromatic heterocycles. The van der Waals surface area contributed by atoms with Crippen molar-refractivity contribution in [3.05, 3.63) is 65.2 Å². The first-order valence-corrected chi connectivity index (χ1v) is 10.9. The quantitative estimate of drug-likeness (QED) is 0.484. The van der Waals surface area contributed by atoms with Gasteiger partial charge in [-0.1, -0.05) is 81.3 Å². The summed E-state index contributed by atoms with van der Waals surface area (Å²) in [5, 5.41) is 10.2. The predicted octanol–water partition coefficient (Wildman–Crippen LogP) is 6.26. The molecule has 0 saturated heterocycles. The van der Waals surface area contributed by atoms with Crippen molar-refractivity contribution < 1.29 is 4.79 Å². The van der Waals surface area contributed by atoms with Crippen molar-refractivity contribution in [1.82, 2.24) is 10.2 Å². The highest BCUT2D eigenvalue weighted by molar-refractivity contribution is 7.18. The van der Waals surface area contributed by atoms with E-state index in [4.69, 9.17) is 0 Å². The van der Waals surface area contributed by atoms with Crippen LogP contribution in [-0.2, 0) is 5.41 Å². The maximum Gasteiger partial charge on any atom is 0.260 e. The number of benzene rings is 2. The molecule has 0 aliphatic rings. The Hall–Kier alpha value is -2.53. The molecule has 0 atom stereocenters. The van der Waals surface area contributed by atoms with Crippen LogP contribution in [0, 0.1) is 6.92 Å². The van der Waals surface area contributed by atoms with E-state index in [1.807, 2.05) is 36.4 Å². The van der Waals surface area contributed by atoms with Gasteiger partial charge in [0.15, 0.2) is 0 Å². The van der Waals surface area contributed by atoms with Crippen molar-refractivity contribution in [3.8, 4) is 10.6 Å². The van der Waals surface area contributed by atoms with E-state index in [1.165, 1.54) is 22.5 Å². The zero-order valence-electron chi connectivity index (χ0n) is 17.9. The van der Waals surface area contributed by atoms with Crippen molar-refractivity contribution in [2.24, 2.45) is 0 Å². The number of anilines is 1. The van der Waals surface area contributed by atoms with Gasteiger partial charge in [-0.2, -0.15) is 0 Å². The molecule has 1 heterocycles. The molecule has 1 amide bonds. The molecule has 0 saturated carbocycles. The fourth-order valence-electron chi connectivity index (χ4n) is 3.09. The van der Waals surface area contributed by atoms with Gasteiger partial charge in [0.2, 0.25) is 5.13 Å². The molecule has 0 aliphatic carbocycles. The molecule has 3 rings (SSSR count). The second-order valence-corrected chi connectivity index (χ2v) is 9.35. The van der Waals surface area contributed by atoms with E-state index in [9.17, 15) is 4.79 Å². The summed E-state index contributed by atoms with van der Waals surface area (Å²) in [6.45, 7) is 11.3. The van der Waals surface area contributed by atoms with Crippen LogP contribution >= 0.6 is 11.3 Å². The van der Waals surface area contributed by atoms with Crippen LogP contribution in [0.5, 0.6) is 0 Å². The van der Waals surface area contributed by atoms with Gasteiger partial charge < -0.3 is 0 Å². The summed E-state index contributed by atoms with van der Waals surface area (Å²) in [5.74, 6) is -0.0224. The third-order valence-electron chi connectivity index (χ3n) is 4.89. The van der Waals surface area contributed by atoms with Gasteiger partial charge in [-0.15, -0.1) is 10.2 Å². The summed E-state index contributed by atoms with van der Waals surface area (Å²) in [4.78, 5) is 15.0. The Balaban J connectivity index is 1.89. The van der Waals surface area contributed by atoms with Crippen LogP contribution < -0.4 is 4.90 Å². The average molecular weight is 408 g/mol. The lowest BCUT2D eigenvalue weighted by Crippen LogP contribution is -2.32. The minimum absolute atomic E-state index is 0.0224. The van der Waals surface area contributed by atoms with Crippen molar-refractivity contribution in [2.75, 3.05) is 11.4 Å². The van der Waals surface area contributed by atoms with Gasteiger partial charge in [0.25, 0.3) is 5.91 Å². The summed E-state index contributed by atoms with van der Waals surface area (Å²) in [7, 11) is 0. The summed E-state index contributed by atoms with van der Waals surface area (Å²) in [6.07, 6.45) is 1.93. The molecule has 0 spiro atoms. The number of hydrogen-bond donors (Lipinski definition) is 0. The molecule has 0 bridgehead atoms. The van der Waals surface area contributed by atoms with Gasteiger partial charge in [0.1, 0.15) is 5.01 Å². The Kier molecular flexibility index (Phi) is 6.48. The minimum atomic E-state index is -0.0224. The van der Waals surface area contributed by atoms with Crippen LogP contribution in [0.2, 0.25) is 0 Å². The second kappa shape index (κ2) is 8.87. The van der Waals surface area contributed by atoms with E-state index in [0.29, 0.717) is 17.2 Å². The topological polar surface area (TPSA) is 46.1 Å². The number of amides is 1. The van der Waals surface area contributed by atoms with Crippen molar-refractivity contribution in [2.45, 2.75) is 52.9 Å². The van der Waals surface area contributed by atoms with Crippen LogP contribution in [-0.4, -0.2) is 22.6 Å². The van der Waals surface area contributed by atoms with Crippen molar-refractivity contribution >= 4 is 22.4 Å². The van der Waals surface area contributed by atoms with Crippen molar-refractivity contribution in [1.29, 1.82) is 0 Å². The molecule has 4 nitrogen and oxygen atoms in total. The Morgan fingerprint density at radius 3 is 2.41 bits per heavy atom. The van der Waals surface area contributed by atoms with Crippen LogP contribution in [0.3, 0.4) is 0 Å². The standard InChI is InChI=1S/C24H29N3OS/c1-6-7-15-27(22(28)18-11-13-20(14-12-18)24(3,4)5)23-26-25-21(29-23)19-10-8-9-17(2)16-19/h8-14,16H,6-7,15H2,1-5H3. The maximum absolute atomic E-state index is 13.3. The normalized spacial score (nSPS) is 11.5. The number of carbonyl (C=O) groups excluding carboxylic acids is 1. The van der Waals surface area contributed by atoms with Gasteiger partial charge in [0, 0.05) is 17.7 Å². The van der Waals surface area contributed by atoms with E-state index in [-0.39, 0.29) is 11.3 Å². The molecule has 0 aliphatic heterocycles. The Morgan fingerprint density at radius 1 is 1.07 bits per heavy atom. The van der Waals surface area contributed by atoms with Crippen LogP contribution in [0.4, 0.5) is 5.13 Å². The summed E-state index contributed by atoms with van der Waals surface area (Å²) in [6, 6.07) is 16.1. The average Bonchev–Trinajstić information content (AvgIpc) is 3.17. The van der Waals surface area contributed by atoms with E-state index in [2.05, 4.69) is 56.9 Å². The Labute approximate surface area is 177 Å². The fourth-order valence-corrected chi connectivity index (χ4v) is 3.95. The van der Waals surface area contributed by atoms with Crippen molar-refractivity contribution in [3.63, 3.8) is 0 Å². The molecule has 0 fully saturated rings. The molecular weight excluding hydrogens is 378 g/mol. The predicted molar refractivity (Wildman–Crippen MR) is 122 cm³/mol. The van der Waals surface area contributed by atoms with Gasteiger partial charge in [-0.3, -0.25) is 9.69 Å². The largest absolute Gasteiger partial charge is 0.283 e. The molecule has 5 heteroatoms. The molecule has 29 heavy (non-hydrogen) atoms. The molecule has 0 radical (unpaired) electrons. The molecule has 0 unspecified atom stereocenters. The smallest absolute Gasteiger partial charge is 0.260 e. The second-order valence-electron chi connectivity index (χ2n) is 8.40. The molecule has 3 aromatic rings. The summed E-state index contributed by atoms with van der Waals surface area (Å²) in [5.41, 5.74) is 4.17. The highest BCUT2D eigenvalue weighted by Gasteiger charge is 2.22. The zero-order valence-corrected chi connectivity index (χ0v) is 18.7. The van der Waals surface area contributed by atoms with Gasteiger partial charge in [0.05, 0.1) is 0 Å². The molecule has 0 N–H and O–H groups in total. The maximum atomic E-state index is 13.3. The molecule has 152 valence electrons. The van der Waals surface area contributed by atoms with E-state index >= 15 is 0 Å². The van der Waals surface area contributed by atoms with E-state index < -0.39 is 0 Å². The molecular formula is C24H29N3OS. The number of unbranched alkanes of at least 4 members (excludes halogenated alkanes) is 1. The number of aromatic nitrogens is 2. The van der Waals surface area contributed by atoms with E-state index in [1.54, 1.807) is 4.90 Å². The first-order valence-electron chi connectivity index (χ1n) is 10.1. The lowest BCUT2D eigenvalue weighted by molar-refractivity contribution is 0.0986. The number of carbonyl (C=O) groups is 1. The van der Waals surface area contributed by atoms with Crippen LogP contribution in [0.1, 0.15) is 62.0 Å². The Morgan fingerprint density at radius 2 is 1.79 bits per heavy atom. The number of hydrogen-bond acceptors (Lipinski definition) is 4.